The maximum absolute atomic E-state index is 12.6. The van der Waals surface area contributed by atoms with Crippen molar-refractivity contribution < 1.29 is 19.1 Å². The number of anilines is 1. The van der Waals surface area contributed by atoms with Crippen molar-refractivity contribution in [1.29, 1.82) is 0 Å². The van der Waals surface area contributed by atoms with Gasteiger partial charge in [-0.3, -0.25) is 9.69 Å². The Bertz CT molecular complexity index is 926. The number of fused-ring (bicyclic) bond motifs is 1. The van der Waals surface area contributed by atoms with E-state index in [0.29, 0.717) is 17.3 Å². The topological polar surface area (TPSA) is 80.2 Å². The van der Waals surface area contributed by atoms with Gasteiger partial charge in [0.2, 0.25) is 5.91 Å². The van der Waals surface area contributed by atoms with Crippen molar-refractivity contribution in [3.63, 3.8) is 0 Å². The van der Waals surface area contributed by atoms with E-state index in [0.717, 1.165) is 11.3 Å². The maximum atomic E-state index is 12.6. The molecule has 1 N–H and O–H groups in total. The summed E-state index contributed by atoms with van der Waals surface area (Å²) in [6.45, 7) is 0. The fourth-order valence-electron chi connectivity index (χ4n) is 3.69. The third kappa shape index (κ3) is 2.91. The number of rotatable bonds is 4. The lowest BCUT2D eigenvalue weighted by Gasteiger charge is -2.35. The molecule has 2 aliphatic rings. The highest BCUT2D eigenvalue weighted by Gasteiger charge is 2.46. The summed E-state index contributed by atoms with van der Waals surface area (Å²) in [5.74, 6) is 1.17. The molecule has 2 aromatic rings. The van der Waals surface area contributed by atoms with E-state index in [2.05, 4.69) is 10.3 Å². The number of methoxy groups -OCH3 is 2. The van der Waals surface area contributed by atoms with E-state index >= 15 is 0 Å². The first kappa shape index (κ1) is 17.1. The van der Waals surface area contributed by atoms with Crippen LogP contribution < -0.4 is 19.7 Å². The first-order valence-corrected chi connectivity index (χ1v) is 8.61. The van der Waals surface area contributed by atoms with Crippen molar-refractivity contribution in [3.8, 4) is 11.5 Å². The molecule has 0 bridgehead atoms. The van der Waals surface area contributed by atoms with Crippen LogP contribution in [-0.4, -0.2) is 38.0 Å². The van der Waals surface area contributed by atoms with Gasteiger partial charge in [0, 0.05) is 18.0 Å². The summed E-state index contributed by atoms with van der Waals surface area (Å²) in [5.41, 5.74) is 1.63. The summed E-state index contributed by atoms with van der Waals surface area (Å²) in [6.07, 6.45) is 0.246. The smallest absolute Gasteiger partial charge is 0.350 e. The summed E-state index contributed by atoms with van der Waals surface area (Å²) in [4.78, 5) is 30.6. The molecule has 1 fully saturated rings. The fraction of sp³-hybridized carbons (Fsp3) is 0.250. The van der Waals surface area contributed by atoms with Crippen molar-refractivity contribution in [2.24, 2.45) is 4.99 Å². The lowest BCUT2D eigenvalue weighted by atomic mass is 9.84. The van der Waals surface area contributed by atoms with Crippen LogP contribution in [0.2, 0.25) is 0 Å². The Kier molecular flexibility index (Phi) is 4.27. The Labute approximate surface area is 156 Å². The molecule has 2 heterocycles. The molecule has 0 aromatic heterocycles. The average molecular weight is 365 g/mol. The molecule has 3 amide bonds. The van der Waals surface area contributed by atoms with Gasteiger partial charge in [-0.2, -0.15) is 4.99 Å². The number of amidine groups is 1. The number of aliphatic imine (C=N–C) groups is 1. The molecule has 7 heteroatoms. The molecule has 1 saturated heterocycles. The predicted molar refractivity (Wildman–Crippen MR) is 101 cm³/mol. The van der Waals surface area contributed by atoms with Crippen LogP contribution in [0.15, 0.2) is 53.5 Å². The number of nitrogens with one attached hydrogen (secondary N) is 1. The largest absolute Gasteiger partial charge is 0.493 e. The molecular weight excluding hydrogens is 346 g/mol. The van der Waals surface area contributed by atoms with E-state index < -0.39 is 0 Å². The van der Waals surface area contributed by atoms with Crippen molar-refractivity contribution in [1.82, 2.24) is 5.32 Å². The van der Waals surface area contributed by atoms with Crippen LogP contribution in [0.1, 0.15) is 17.9 Å². The molecule has 0 saturated carbocycles. The number of para-hydroxylation sites is 1. The minimum Gasteiger partial charge on any atom is -0.493 e. The standard InChI is InChI=1S/C20H19N3O4/c1-26-15-9-8-12(10-16(15)27-2)14-11-17(24)21-19-18(14)23(20(25)22-19)13-6-4-3-5-7-13/h3-10,14,18H,11H2,1-2H3,(H,21,22,24,25)/t14-,18+/m1/s1. The Morgan fingerprint density at radius 1 is 1.04 bits per heavy atom. The van der Waals surface area contributed by atoms with Crippen LogP contribution in [0.3, 0.4) is 0 Å². The minimum absolute atomic E-state index is 0.160. The minimum atomic E-state index is -0.381. The van der Waals surface area contributed by atoms with E-state index in [1.54, 1.807) is 25.2 Å². The van der Waals surface area contributed by atoms with Gasteiger partial charge in [0.1, 0.15) is 11.9 Å². The Balaban J connectivity index is 1.78. The monoisotopic (exact) mass is 365 g/mol. The SMILES string of the molecule is COc1ccc([C@H]2CC(=O)NC3=NC(=O)N(c4ccccc4)[C@H]32)cc1OC. The molecular formula is C20H19N3O4. The number of amides is 3. The third-order valence-corrected chi connectivity index (χ3v) is 4.90. The van der Waals surface area contributed by atoms with Crippen molar-refractivity contribution >= 4 is 23.5 Å². The van der Waals surface area contributed by atoms with Gasteiger partial charge in [-0.25, -0.2) is 4.79 Å². The first-order valence-electron chi connectivity index (χ1n) is 8.61. The van der Waals surface area contributed by atoms with Crippen molar-refractivity contribution in [2.75, 3.05) is 19.1 Å². The number of urea groups is 1. The highest BCUT2D eigenvalue weighted by atomic mass is 16.5. The number of hydrogen-bond acceptors (Lipinski definition) is 4. The molecule has 4 rings (SSSR count). The summed E-state index contributed by atoms with van der Waals surface area (Å²) in [7, 11) is 3.14. The third-order valence-electron chi connectivity index (χ3n) is 4.90. The molecule has 0 aliphatic carbocycles. The van der Waals surface area contributed by atoms with E-state index in [1.807, 2.05) is 42.5 Å². The van der Waals surface area contributed by atoms with Crippen LogP contribution in [0.4, 0.5) is 10.5 Å². The molecule has 2 atom stereocenters. The van der Waals surface area contributed by atoms with Crippen LogP contribution in [0, 0.1) is 0 Å². The second-order valence-electron chi connectivity index (χ2n) is 6.40. The molecule has 0 spiro atoms. The van der Waals surface area contributed by atoms with Crippen molar-refractivity contribution in [2.45, 2.75) is 18.4 Å². The average Bonchev–Trinajstić information content (AvgIpc) is 3.02. The number of ether oxygens (including phenoxy) is 2. The van der Waals surface area contributed by atoms with Gasteiger partial charge in [0.15, 0.2) is 11.5 Å². The van der Waals surface area contributed by atoms with Gasteiger partial charge in [-0.1, -0.05) is 24.3 Å². The summed E-state index contributed by atoms with van der Waals surface area (Å²) < 4.78 is 10.7. The quantitative estimate of drug-likeness (QED) is 0.903. The maximum Gasteiger partial charge on any atom is 0.350 e. The van der Waals surface area contributed by atoms with Gasteiger partial charge in [-0.05, 0) is 29.8 Å². The Hall–Kier alpha value is -3.35. The lowest BCUT2D eigenvalue weighted by Crippen LogP contribution is -2.53. The number of carbonyl (C=O) groups excluding carboxylic acids is 2. The normalized spacial score (nSPS) is 21.4. The zero-order chi connectivity index (χ0) is 19.0. The van der Waals surface area contributed by atoms with Crippen LogP contribution in [0.5, 0.6) is 11.5 Å². The highest BCUT2D eigenvalue weighted by molar-refractivity contribution is 6.18. The van der Waals surface area contributed by atoms with E-state index in [1.165, 1.54) is 0 Å². The number of carbonyl (C=O) groups is 2. The Morgan fingerprint density at radius 2 is 1.78 bits per heavy atom. The molecule has 2 aromatic carbocycles. The van der Waals surface area contributed by atoms with E-state index in [-0.39, 0.29) is 30.3 Å². The summed E-state index contributed by atoms with van der Waals surface area (Å²) in [5, 5.41) is 2.75. The second-order valence-corrected chi connectivity index (χ2v) is 6.40. The van der Waals surface area contributed by atoms with Crippen molar-refractivity contribution in [3.05, 3.63) is 54.1 Å². The van der Waals surface area contributed by atoms with Gasteiger partial charge in [0.25, 0.3) is 0 Å². The number of benzene rings is 2. The molecule has 27 heavy (non-hydrogen) atoms. The van der Waals surface area contributed by atoms with Crippen LogP contribution >= 0.6 is 0 Å². The molecule has 7 nitrogen and oxygen atoms in total. The zero-order valence-corrected chi connectivity index (χ0v) is 15.0. The number of piperidine rings is 1. The molecule has 0 unspecified atom stereocenters. The summed E-state index contributed by atoms with van der Waals surface area (Å²) >= 11 is 0. The molecule has 138 valence electrons. The van der Waals surface area contributed by atoms with E-state index in [4.69, 9.17) is 9.47 Å². The fourth-order valence-corrected chi connectivity index (χ4v) is 3.69. The van der Waals surface area contributed by atoms with E-state index in [9.17, 15) is 9.59 Å². The van der Waals surface area contributed by atoms with Crippen LogP contribution in [0.25, 0.3) is 0 Å². The number of hydrogen-bond donors (Lipinski definition) is 1. The number of nitrogens with zero attached hydrogens (tertiary/aromatic N) is 2. The predicted octanol–water partition coefficient (Wildman–Crippen LogP) is 2.71. The first-order chi connectivity index (χ1) is 13.1. The highest BCUT2D eigenvalue weighted by Crippen LogP contribution is 2.39. The van der Waals surface area contributed by atoms with Gasteiger partial charge in [0.05, 0.1) is 14.2 Å². The Morgan fingerprint density at radius 3 is 2.48 bits per heavy atom. The second kappa shape index (κ2) is 6.75. The zero-order valence-electron chi connectivity index (χ0n) is 15.0. The molecule has 2 aliphatic heterocycles. The van der Waals surface area contributed by atoms with Crippen LogP contribution in [-0.2, 0) is 4.79 Å². The molecule has 0 radical (unpaired) electrons. The van der Waals surface area contributed by atoms with Gasteiger partial charge in [-0.15, -0.1) is 0 Å². The van der Waals surface area contributed by atoms with Gasteiger partial charge >= 0.3 is 6.03 Å². The van der Waals surface area contributed by atoms with Gasteiger partial charge < -0.3 is 14.8 Å². The lowest BCUT2D eigenvalue weighted by molar-refractivity contribution is -0.120. The summed E-state index contributed by atoms with van der Waals surface area (Å²) in [6, 6.07) is 14.1.